The van der Waals surface area contributed by atoms with Crippen LogP contribution in [0.15, 0.2) is 16.8 Å². The molecule has 19 heavy (non-hydrogen) atoms. The van der Waals surface area contributed by atoms with Crippen molar-refractivity contribution in [2.45, 2.75) is 32.7 Å². The average molecular weight is 280 g/mol. The van der Waals surface area contributed by atoms with Gasteiger partial charge in [-0.1, -0.05) is 6.92 Å². The van der Waals surface area contributed by atoms with Crippen molar-refractivity contribution in [3.05, 3.63) is 22.4 Å². The quantitative estimate of drug-likeness (QED) is 0.899. The van der Waals surface area contributed by atoms with Gasteiger partial charge in [0.2, 0.25) is 5.91 Å². The van der Waals surface area contributed by atoms with E-state index in [0.29, 0.717) is 18.3 Å². The van der Waals surface area contributed by atoms with Gasteiger partial charge in [-0.25, -0.2) is 0 Å². The summed E-state index contributed by atoms with van der Waals surface area (Å²) < 4.78 is 0. The van der Waals surface area contributed by atoms with Crippen LogP contribution in [0.5, 0.6) is 0 Å². The number of rotatable bonds is 5. The predicted octanol–water partition coefficient (Wildman–Crippen LogP) is 2.73. The lowest BCUT2D eigenvalue weighted by atomic mass is 9.85. The molecule has 0 saturated carbocycles. The van der Waals surface area contributed by atoms with Crippen LogP contribution in [0.4, 0.5) is 0 Å². The fourth-order valence-electron chi connectivity index (χ4n) is 2.71. The lowest BCUT2D eigenvalue weighted by Crippen LogP contribution is -2.36. The zero-order valence-corrected chi connectivity index (χ0v) is 12.7. The van der Waals surface area contributed by atoms with Crippen molar-refractivity contribution in [2.75, 3.05) is 20.1 Å². The van der Waals surface area contributed by atoms with Crippen LogP contribution in [-0.2, 0) is 11.3 Å². The van der Waals surface area contributed by atoms with E-state index in [4.69, 9.17) is 0 Å². The van der Waals surface area contributed by atoms with Crippen molar-refractivity contribution >= 4 is 17.2 Å². The molecule has 106 valence electrons. The molecule has 1 saturated heterocycles. The third-order valence-corrected chi connectivity index (χ3v) is 4.79. The van der Waals surface area contributed by atoms with Crippen LogP contribution in [0.2, 0.25) is 0 Å². The molecule has 2 rings (SSSR count). The van der Waals surface area contributed by atoms with E-state index in [0.717, 1.165) is 19.6 Å². The zero-order chi connectivity index (χ0) is 13.7. The summed E-state index contributed by atoms with van der Waals surface area (Å²) in [5.74, 6) is 1.40. The number of amides is 1. The molecule has 0 radical (unpaired) electrons. The highest BCUT2D eigenvalue weighted by molar-refractivity contribution is 7.07. The molecule has 0 spiro atoms. The predicted molar refractivity (Wildman–Crippen MR) is 80.2 cm³/mol. The van der Waals surface area contributed by atoms with Crippen LogP contribution in [0.3, 0.4) is 0 Å². The highest BCUT2D eigenvalue weighted by atomic mass is 32.1. The third-order valence-electron chi connectivity index (χ3n) is 4.06. The Balaban J connectivity index is 1.79. The van der Waals surface area contributed by atoms with E-state index in [-0.39, 0.29) is 5.91 Å². The second-order valence-corrected chi connectivity index (χ2v) is 6.45. The van der Waals surface area contributed by atoms with Crippen molar-refractivity contribution in [2.24, 2.45) is 11.8 Å². The average Bonchev–Trinajstić information content (AvgIpc) is 2.92. The largest absolute Gasteiger partial charge is 0.341 e. The fraction of sp³-hybridized carbons (Fsp3) is 0.667. The Morgan fingerprint density at radius 2 is 2.47 bits per heavy atom. The molecule has 1 amide bonds. The van der Waals surface area contributed by atoms with Crippen LogP contribution in [0, 0.1) is 11.8 Å². The van der Waals surface area contributed by atoms with Crippen molar-refractivity contribution in [3.8, 4) is 0 Å². The third kappa shape index (κ3) is 4.32. The fourth-order valence-corrected chi connectivity index (χ4v) is 3.37. The van der Waals surface area contributed by atoms with Crippen LogP contribution in [0.1, 0.15) is 31.7 Å². The molecule has 3 nitrogen and oxygen atoms in total. The zero-order valence-electron chi connectivity index (χ0n) is 11.9. The minimum atomic E-state index is 0.268. The summed E-state index contributed by atoms with van der Waals surface area (Å²) in [6, 6.07) is 2.09. The Labute approximate surface area is 120 Å². The highest BCUT2D eigenvalue weighted by Gasteiger charge is 2.23. The molecule has 2 heterocycles. The van der Waals surface area contributed by atoms with E-state index >= 15 is 0 Å². The molecular formula is C15H24N2OS. The molecule has 4 heteroatoms. The van der Waals surface area contributed by atoms with E-state index < -0.39 is 0 Å². The van der Waals surface area contributed by atoms with Gasteiger partial charge in [-0.05, 0) is 60.2 Å². The number of nitrogens with zero attached hydrogens (tertiary/aromatic N) is 1. The van der Waals surface area contributed by atoms with Gasteiger partial charge < -0.3 is 10.2 Å². The van der Waals surface area contributed by atoms with Gasteiger partial charge in [0.15, 0.2) is 0 Å². The van der Waals surface area contributed by atoms with Gasteiger partial charge in [0.05, 0.1) is 0 Å². The molecule has 0 aromatic carbocycles. The van der Waals surface area contributed by atoms with Gasteiger partial charge in [-0.15, -0.1) is 0 Å². The summed E-state index contributed by atoms with van der Waals surface area (Å²) in [7, 11) is 1.91. The molecule has 2 unspecified atom stereocenters. The number of carbonyl (C=O) groups excluding carboxylic acids is 1. The molecule has 1 aliphatic rings. The van der Waals surface area contributed by atoms with Gasteiger partial charge >= 0.3 is 0 Å². The summed E-state index contributed by atoms with van der Waals surface area (Å²) in [6.45, 7) is 5.16. The number of carbonyl (C=O) groups is 1. The van der Waals surface area contributed by atoms with Crippen LogP contribution in [-0.4, -0.2) is 30.9 Å². The summed E-state index contributed by atoms with van der Waals surface area (Å²) in [4.78, 5) is 14.1. The molecule has 1 aliphatic heterocycles. The molecule has 2 atom stereocenters. The smallest absolute Gasteiger partial charge is 0.222 e. The molecule has 1 aromatic heterocycles. The van der Waals surface area contributed by atoms with Crippen molar-refractivity contribution < 1.29 is 4.79 Å². The normalized spacial score (nSPS) is 21.1. The first-order valence-corrected chi connectivity index (χ1v) is 8.07. The first-order chi connectivity index (χ1) is 9.16. The van der Waals surface area contributed by atoms with Crippen LogP contribution < -0.4 is 5.32 Å². The SMILES string of the molecule is CC(CC(=O)N(C)Cc1ccsc1)C1CCCNC1. The molecule has 1 N–H and O–H groups in total. The minimum absolute atomic E-state index is 0.268. The number of nitrogens with one attached hydrogen (secondary N) is 1. The number of hydrogen-bond donors (Lipinski definition) is 1. The minimum Gasteiger partial charge on any atom is -0.341 e. The lowest BCUT2D eigenvalue weighted by molar-refractivity contribution is -0.131. The summed E-state index contributed by atoms with van der Waals surface area (Å²) >= 11 is 1.68. The molecule has 0 bridgehead atoms. The lowest BCUT2D eigenvalue weighted by Gasteiger charge is -2.29. The molecule has 1 aromatic rings. The maximum atomic E-state index is 12.2. The second-order valence-electron chi connectivity index (χ2n) is 5.67. The van der Waals surface area contributed by atoms with Crippen molar-refractivity contribution in [1.29, 1.82) is 0 Å². The van der Waals surface area contributed by atoms with Gasteiger partial charge in [-0.3, -0.25) is 4.79 Å². The van der Waals surface area contributed by atoms with Gasteiger partial charge in [-0.2, -0.15) is 11.3 Å². The first-order valence-electron chi connectivity index (χ1n) is 7.12. The van der Waals surface area contributed by atoms with E-state index in [1.807, 2.05) is 11.9 Å². The van der Waals surface area contributed by atoms with Crippen LogP contribution >= 0.6 is 11.3 Å². The second kappa shape index (κ2) is 7.06. The maximum absolute atomic E-state index is 12.2. The van der Waals surface area contributed by atoms with Crippen molar-refractivity contribution in [1.82, 2.24) is 10.2 Å². The van der Waals surface area contributed by atoms with Gasteiger partial charge in [0.25, 0.3) is 0 Å². The topological polar surface area (TPSA) is 32.3 Å². The Kier molecular flexibility index (Phi) is 5.40. The maximum Gasteiger partial charge on any atom is 0.222 e. The summed E-state index contributed by atoms with van der Waals surface area (Å²) in [5, 5.41) is 7.60. The number of hydrogen-bond acceptors (Lipinski definition) is 3. The molecular weight excluding hydrogens is 256 g/mol. The standard InChI is InChI=1S/C15H24N2OS/c1-12(14-4-3-6-16-9-14)8-15(18)17(2)10-13-5-7-19-11-13/h5,7,11-12,14,16H,3-4,6,8-10H2,1-2H3. The van der Waals surface area contributed by atoms with E-state index in [1.54, 1.807) is 11.3 Å². The van der Waals surface area contributed by atoms with E-state index in [1.165, 1.54) is 18.4 Å². The monoisotopic (exact) mass is 280 g/mol. The van der Waals surface area contributed by atoms with Gasteiger partial charge in [0.1, 0.15) is 0 Å². The number of thiophene rings is 1. The highest BCUT2D eigenvalue weighted by Crippen LogP contribution is 2.23. The first kappa shape index (κ1) is 14.5. The van der Waals surface area contributed by atoms with E-state index in [2.05, 4.69) is 29.1 Å². The van der Waals surface area contributed by atoms with Crippen molar-refractivity contribution in [3.63, 3.8) is 0 Å². The number of piperidine rings is 1. The van der Waals surface area contributed by atoms with E-state index in [9.17, 15) is 4.79 Å². The Hall–Kier alpha value is -0.870. The molecule has 0 aliphatic carbocycles. The summed E-state index contributed by atoms with van der Waals surface area (Å²) in [5.41, 5.74) is 1.23. The van der Waals surface area contributed by atoms with Crippen LogP contribution in [0.25, 0.3) is 0 Å². The van der Waals surface area contributed by atoms with Gasteiger partial charge in [0, 0.05) is 20.0 Å². The Bertz CT molecular complexity index is 385. The molecule has 1 fully saturated rings. The Morgan fingerprint density at radius 3 is 3.11 bits per heavy atom. The Morgan fingerprint density at radius 1 is 1.63 bits per heavy atom. The summed E-state index contributed by atoms with van der Waals surface area (Å²) in [6.07, 6.45) is 3.18.